The topological polar surface area (TPSA) is 82.3 Å². The van der Waals surface area contributed by atoms with Crippen molar-refractivity contribution < 1.29 is 9.59 Å². The summed E-state index contributed by atoms with van der Waals surface area (Å²) in [5, 5.41) is 3.62. The average molecular weight is 327 g/mol. The number of amides is 2. The van der Waals surface area contributed by atoms with E-state index in [0.29, 0.717) is 24.0 Å². The first-order valence-corrected chi connectivity index (χ1v) is 8.18. The van der Waals surface area contributed by atoms with Crippen LogP contribution in [0.4, 0.5) is 0 Å². The van der Waals surface area contributed by atoms with Gasteiger partial charge in [-0.05, 0) is 26.3 Å². The van der Waals surface area contributed by atoms with Gasteiger partial charge in [-0.15, -0.1) is 0 Å². The molecule has 0 unspecified atom stereocenters. The van der Waals surface area contributed by atoms with Crippen molar-refractivity contribution in [2.75, 3.05) is 6.54 Å². The second-order valence-electron chi connectivity index (χ2n) is 6.45. The number of carbonyl (C=O) groups excluding carboxylic acids is 2. The predicted octanol–water partition coefficient (Wildman–Crippen LogP) is 1.66. The molecular formula is C18H21N3O3. The van der Waals surface area contributed by atoms with Crippen molar-refractivity contribution in [1.29, 1.82) is 0 Å². The summed E-state index contributed by atoms with van der Waals surface area (Å²) < 4.78 is 0. The third-order valence-corrected chi connectivity index (χ3v) is 4.37. The summed E-state index contributed by atoms with van der Waals surface area (Å²) in [5.41, 5.74) is 0.744. The minimum atomic E-state index is -0.296. The van der Waals surface area contributed by atoms with E-state index < -0.39 is 0 Å². The molecule has 24 heavy (non-hydrogen) atoms. The van der Waals surface area contributed by atoms with Crippen molar-refractivity contribution in [1.82, 2.24) is 15.2 Å². The standard InChI is InChI=1S/C18H21N3O3/c1-11(2)21(10-12-7-8-16(22)19-12)18(24)14-9-17(23)20-15-6-4-3-5-13(14)15/h3-6,9,11-12H,7-8,10H2,1-2H3,(H,19,22)(H,20,23)/t12-/m0/s1. The highest BCUT2D eigenvalue weighted by Gasteiger charge is 2.28. The SMILES string of the molecule is CC(C)N(C[C@@H]1CCC(=O)N1)C(=O)c1cc(=O)[nH]c2ccccc12. The molecule has 0 saturated carbocycles. The van der Waals surface area contributed by atoms with Crippen molar-refractivity contribution in [2.24, 2.45) is 0 Å². The molecule has 1 saturated heterocycles. The Bertz CT molecular complexity index is 841. The molecule has 1 atom stereocenters. The lowest BCUT2D eigenvalue weighted by atomic mass is 10.1. The van der Waals surface area contributed by atoms with Crippen LogP contribution in [0, 0.1) is 0 Å². The lowest BCUT2D eigenvalue weighted by Crippen LogP contribution is -2.45. The number of fused-ring (bicyclic) bond motifs is 1. The molecule has 2 aromatic rings. The highest BCUT2D eigenvalue weighted by atomic mass is 16.2. The van der Waals surface area contributed by atoms with E-state index in [4.69, 9.17) is 0 Å². The summed E-state index contributed by atoms with van der Waals surface area (Å²) in [7, 11) is 0. The van der Waals surface area contributed by atoms with Gasteiger partial charge in [0.05, 0.1) is 5.56 Å². The van der Waals surface area contributed by atoms with E-state index in [-0.39, 0.29) is 29.5 Å². The van der Waals surface area contributed by atoms with Gasteiger partial charge in [0, 0.05) is 42.0 Å². The molecule has 126 valence electrons. The Balaban J connectivity index is 1.96. The van der Waals surface area contributed by atoms with E-state index in [1.54, 1.807) is 11.0 Å². The molecule has 6 nitrogen and oxygen atoms in total. The molecule has 2 amide bonds. The van der Waals surface area contributed by atoms with Gasteiger partial charge < -0.3 is 15.2 Å². The summed E-state index contributed by atoms with van der Waals surface area (Å²) in [6.07, 6.45) is 1.23. The molecule has 2 N–H and O–H groups in total. The van der Waals surface area contributed by atoms with Gasteiger partial charge in [-0.3, -0.25) is 14.4 Å². The van der Waals surface area contributed by atoms with Crippen molar-refractivity contribution >= 4 is 22.7 Å². The Kier molecular flexibility index (Phi) is 4.38. The van der Waals surface area contributed by atoms with Crippen LogP contribution in [0.3, 0.4) is 0 Å². The quantitative estimate of drug-likeness (QED) is 0.896. The first-order valence-electron chi connectivity index (χ1n) is 8.18. The number of nitrogens with zero attached hydrogens (tertiary/aromatic N) is 1. The number of carbonyl (C=O) groups is 2. The van der Waals surface area contributed by atoms with Gasteiger partial charge >= 0.3 is 0 Å². The van der Waals surface area contributed by atoms with Crippen LogP contribution in [0.25, 0.3) is 10.9 Å². The van der Waals surface area contributed by atoms with Crippen LogP contribution >= 0.6 is 0 Å². The van der Waals surface area contributed by atoms with Crippen molar-refractivity contribution in [3.05, 3.63) is 46.2 Å². The van der Waals surface area contributed by atoms with Gasteiger partial charge in [-0.2, -0.15) is 0 Å². The largest absolute Gasteiger partial charge is 0.352 e. The van der Waals surface area contributed by atoms with Crippen molar-refractivity contribution in [3.8, 4) is 0 Å². The number of rotatable bonds is 4. The van der Waals surface area contributed by atoms with Crippen LogP contribution in [0.5, 0.6) is 0 Å². The molecular weight excluding hydrogens is 306 g/mol. The molecule has 0 bridgehead atoms. The first-order chi connectivity index (χ1) is 11.5. The molecule has 2 heterocycles. The Morgan fingerprint density at radius 2 is 2.04 bits per heavy atom. The maximum absolute atomic E-state index is 13.1. The summed E-state index contributed by atoms with van der Waals surface area (Å²) >= 11 is 0. The third-order valence-electron chi connectivity index (χ3n) is 4.37. The van der Waals surface area contributed by atoms with Gasteiger partial charge in [-0.25, -0.2) is 0 Å². The van der Waals surface area contributed by atoms with Gasteiger partial charge in [0.25, 0.3) is 5.91 Å². The van der Waals surface area contributed by atoms with Crippen LogP contribution < -0.4 is 10.9 Å². The summed E-state index contributed by atoms with van der Waals surface area (Å²) in [6.45, 7) is 4.32. The normalized spacial score (nSPS) is 17.3. The molecule has 1 aromatic heterocycles. The fourth-order valence-corrected chi connectivity index (χ4v) is 3.12. The number of para-hydroxylation sites is 1. The van der Waals surface area contributed by atoms with E-state index in [1.807, 2.05) is 32.0 Å². The lowest BCUT2D eigenvalue weighted by Gasteiger charge is -2.29. The number of aromatic amines is 1. The zero-order valence-corrected chi connectivity index (χ0v) is 13.8. The maximum Gasteiger partial charge on any atom is 0.255 e. The number of benzene rings is 1. The van der Waals surface area contributed by atoms with Gasteiger partial charge in [0.15, 0.2) is 0 Å². The highest BCUT2D eigenvalue weighted by Crippen LogP contribution is 2.19. The van der Waals surface area contributed by atoms with Crippen molar-refractivity contribution in [3.63, 3.8) is 0 Å². The smallest absolute Gasteiger partial charge is 0.255 e. The Morgan fingerprint density at radius 3 is 2.71 bits per heavy atom. The fraction of sp³-hybridized carbons (Fsp3) is 0.389. The molecule has 3 rings (SSSR count). The second kappa shape index (κ2) is 6.47. The number of pyridine rings is 1. The zero-order chi connectivity index (χ0) is 17.3. The minimum Gasteiger partial charge on any atom is -0.352 e. The summed E-state index contributed by atoms with van der Waals surface area (Å²) in [4.78, 5) is 40.9. The predicted molar refractivity (Wildman–Crippen MR) is 91.9 cm³/mol. The highest BCUT2D eigenvalue weighted by molar-refractivity contribution is 6.06. The van der Waals surface area contributed by atoms with Gasteiger partial charge in [-0.1, -0.05) is 18.2 Å². The van der Waals surface area contributed by atoms with Gasteiger partial charge in [0.2, 0.25) is 11.5 Å². The number of nitrogens with one attached hydrogen (secondary N) is 2. The monoisotopic (exact) mass is 327 g/mol. The van der Waals surface area contributed by atoms with Crippen molar-refractivity contribution in [2.45, 2.75) is 38.8 Å². The van der Waals surface area contributed by atoms with Crippen LogP contribution in [0.1, 0.15) is 37.0 Å². The van der Waals surface area contributed by atoms with E-state index >= 15 is 0 Å². The zero-order valence-electron chi connectivity index (χ0n) is 13.8. The Labute approximate surface area is 139 Å². The molecule has 0 aliphatic carbocycles. The first kappa shape index (κ1) is 16.2. The van der Waals surface area contributed by atoms with Crippen LogP contribution in [-0.2, 0) is 4.79 Å². The van der Waals surface area contributed by atoms with Crippen LogP contribution in [-0.4, -0.2) is 40.3 Å². The molecule has 1 fully saturated rings. The number of hydrogen-bond acceptors (Lipinski definition) is 3. The van der Waals surface area contributed by atoms with Gasteiger partial charge in [0.1, 0.15) is 0 Å². The molecule has 1 aromatic carbocycles. The summed E-state index contributed by atoms with van der Waals surface area (Å²) in [6, 6.07) is 8.56. The van der Waals surface area contributed by atoms with E-state index in [9.17, 15) is 14.4 Å². The van der Waals surface area contributed by atoms with E-state index in [1.165, 1.54) is 6.07 Å². The van der Waals surface area contributed by atoms with Crippen LogP contribution in [0.2, 0.25) is 0 Å². The lowest BCUT2D eigenvalue weighted by molar-refractivity contribution is -0.119. The summed E-state index contributed by atoms with van der Waals surface area (Å²) in [5.74, 6) is -0.161. The van der Waals surface area contributed by atoms with Crippen LogP contribution in [0.15, 0.2) is 35.1 Å². The number of aromatic nitrogens is 1. The second-order valence-corrected chi connectivity index (χ2v) is 6.45. The molecule has 6 heteroatoms. The molecule has 1 aliphatic heterocycles. The number of hydrogen-bond donors (Lipinski definition) is 2. The maximum atomic E-state index is 13.1. The van der Waals surface area contributed by atoms with E-state index in [2.05, 4.69) is 10.3 Å². The van der Waals surface area contributed by atoms with E-state index in [0.717, 1.165) is 11.8 Å². The Morgan fingerprint density at radius 1 is 1.29 bits per heavy atom. The number of H-pyrrole nitrogens is 1. The third kappa shape index (κ3) is 3.18. The molecule has 1 aliphatic rings. The average Bonchev–Trinajstić information content (AvgIpc) is 2.96. The molecule has 0 radical (unpaired) electrons. The Hall–Kier alpha value is -2.63. The molecule has 0 spiro atoms. The minimum absolute atomic E-state index is 0.0257. The fourth-order valence-electron chi connectivity index (χ4n) is 3.12.